The summed E-state index contributed by atoms with van der Waals surface area (Å²) in [6, 6.07) is 4.88. The van der Waals surface area contributed by atoms with Gasteiger partial charge in [-0.05, 0) is 51.0 Å². The molecule has 0 amide bonds. The molecule has 0 heterocycles. The molecule has 0 aromatic heterocycles. The molecule has 4 nitrogen and oxygen atoms in total. The highest BCUT2D eigenvalue weighted by Crippen LogP contribution is 2.22. The van der Waals surface area contributed by atoms with E-state index in [4.69, 9.17) is 4.74 Å². The monoisotopic (exact) mass is 285 g/mol. The van der Waals surface area contributed by atoms with Crippen molar-refractivity contribution in [1.29, 1.82) is 0 Å². The molecule has 108 valence electrons. The lowest BCUT2D eigenvalue weighted by Crippen LogP contribution is -2.32. The van der Waals surface area contributed by atoms with Crippen LogP contribution in [-0.4, -0.2) is 21.1 Å². The first-order valence-electron chi connectivity index (χ1n) is 6.66. The third-order valence-corrected chi connectivity index (χ3v) is 4.42. The van der Waals surface area contributed by atoms with Crippen LogP contribution in [0.4, 0.5) is 0 Å². The second-order valence-corrected chi connectivity index (χ2v) is 6.39. The maximum Gasteiger partial charge on any atom is 0.240 e. The van der Waals surface area contributed by atoms with Gasteiger partial charge in [-0.25, -0.2) is 13.1 Å². The number of nitrogens with one attached hydrogen (secondary N) is 1. The normalized spacial score (nSPS) is 13.3. The Hall–Kier alpha value is -1.07. The summed E-state index contributed by atoms with van der Waals surface area (Å²) >= 11 is 0. The van der Waals surface area contributed by atoms with Gasteiger partial charge in [0.1, 0.15) is 5.75 Å². The van der Waals surface area contributed by atoms with Crippen molar-refractivity contribution in [2.75, 3.05) is 6.61 Å². The van der Waals surface area contributed by atoms with E-state index in [1.54, 1.807) is 18.2 Å². The minimum atomic E-state index is -3.44. The lowest BCUT2D eigenvalue weighted by atomic mass is 10.2. The second kappa shape index (κ2) is 6.91. The van der Waals surface area contributed by atoms with E-state index in [-0.39, 0.29) is 10.9 Å². The highest BCUT2D eigenvalue weighted by Gasteiger charge is 2.17. The Morgan fingerprint density at radius 3 is 2.53 bits per heavy atom. The SMILES string of the molecule is CCC[C@H](C)NS(=O)(=O)c1ccc(OCC)c(C)c1. The van der Waals surface area contributed by atoms with Crippen molar-refractivity contribution in [3.8, 4) is 5.75 Å². The molecule has 1 aromatic rings. The third-order valence-electron chi connectivity index (χ3n) is 2.83. The van der Waals surface area contributed by atoms with Crippen LogP contribution in [0.25, 0.3) is 0 Å². The van der Waals surface area contributed by atoms with Crippen LogP contribution in [0.5, 0.6) is 5.75 Å². The molecule has 1 atom stereocenters. The van der Waals surface area contributed by atoms with Crippen LogP contribution in [0.1, 0.15) is 39.2 Å². The molecule has 0 fully saturated rings. The first-order valence-corrected chi connectivity index (χ1v) is 8.14. The molecule has 1 rings (SSSR count). The molecular formula is C14H23NO3S. The van der Waals surface area contributed by atoms with Gasteiger partial charge >= 0.3 is 0 Å². The molecule has 19 heavy (non-hydrogen) atoms. The lowest BCUT2D eigenvalue weighted by molar-refractivity contribution is 0.337. The molecule has 1 aromatic carbocycles. The van der Waals surface area contributed by atoms with Gasteiger partial charge in [-0.15, -0.1) is 0 Å². The number of hydrogen-bond donors (Lipinski definition) is 1. The maximum absolute atomic E-state index is 12.2. The first kappa shape index (κ1) is 16.0. The van der Waals surface area contributed by atoms with Crippen molar-refractivity contribution >= 4 is 10.0 Å². The fraction of sp³-hybridized carbons (Fsp3) is 0.571. The lowest BCUT2D eigenvalue weighted by Gasteiger charge is -2.14. The zero-order valence-electron chi connectivity index (χ0n) is 12.1. The molecule has 5 heteroatoms. The fourth-order valence-electron chi connectivity index (χ4n) is 1.93. The number of benzene rings is 1. The van der Waals surface area contributed by atoms with E-state index < -0.39 is 10.0 Å². The van der Waals surface area contributed by atoms with E-state index in [2.05, 4.69) is 4.72 Å². The summed E-state index contributed by atoms with van der Waals surface area (Å²) < 4.78 is 32.5. The van der Waals surface area contributed by atoms with Crippen molar-refractivity contribution in [2.45, 2.75) is 51.5 Å². The van der Waals surface area contributed by atoms with Gasteiger partial charge in [0.2, 0.25) is 10.0 Å². The van der Waals surface area contributed by atoms with Crippen LogP contribution < -0.4 is 9.46 Å². The van der Waals surface area contributed by atoms with Crippen LogP contribution >= 0.6 is 0 Å². The molecule has 0 aliphatic carbocycles. The highest BCUT2D eigenvalue weighted by molar-refractivity contribution is 7.89. The summed E-state index contributed by atoms with van der Waals surface area (Å²) in [5, 5.41) is 0. The molecule has 0 aliphatic rings. The van der Waals surface area contributed by atoms with Gasteiger partial charge in [0, 0.05) is 6.04 Å². The fourth-order valence-corrected chi connectivity index (χ4v) is 3.29. The van der Waals surface area contributed by atoms with Crippen LogP contribution in [0.15, 0.2) is 23.1 Å². The summed E-state index contributed by atoms with van der Waals surface area (Å²) in [5.41, 5.74) is 0.827. The van der Waals surface area contributed by atoms with Crippen LogP contribution in [0, 0.1) is 6.92 Å². The second-order valence-electron chi connectivity index (χ2n) is 4.67. The van der Waals surface area contributed by atoms with E-state index in [0.717, 1.165) is 24.2 Å². The molecule has 0 spiro atoms. The molecule has 0 bridgehead atoms. The summed E-state index contributed by atoms with van der Waals surface area (Å²) in [7, 11) is -3.44. The van der Waals surface area contributed by atoms with E-state index in [0.29, 0.717) is 6.61 Å². The molecule has 1 N–H and O–H groups in total. The summed E-state index contributed by atoms with van der Waals surface area (Å²) in [6.07, 6.45) is 1.78. The molecule has 0 unspecified atom stereocenters. The van der Waals surface area contributed by atoms with Gasteiger partial charge in [-0.1, -0.05) is 13.3 Å². The Morgan fingerprint density at radius 1 is 1.32 bits per heavy atom. The zero-order chi connectivity index (χ0) is 14.5. The van der Waals surface area contributed by atoms with Crippen LogP contribution in [-0.2, 0) is 10.0 Å². The molecular weight excluding hydrogens is 262 g/mol. The average molecular weight is 285 g/mol. The van der Waals surface area contributed by atoms with Crippen molar-refractivity contribution in [1.82, 2.24) is 4.72 Å². The average Bonchev–Trinajstić information content (AvgIpc) is 2.31. The third kappa shape index (κ3) is 4.51. The van der Waals surface area contributed by atoms with Gasteiger partial charge in [0.15, 0.2) is 0 Å². The smallest absolute Gasteiger partial charge is 0.240 e. The molecule has 0 aliphatic heterocycles. The number of aryl methyl sites for hydroxylation is 1. The predicted molar refractivity (Wildman–Crippen MR) is 77.0 cm³/mol. The van der Waals surface area contributed by atoms with Crippen molar-refractivity contribution in [3.63, 3.8) is 0 Å². The molecule has 0 radical (unpaired) electrons. The number of ether oxygens (including phenoxy) is 1. The highest BCUT2D eigenvalue weighted by atomic mass is 32.2. The Balaban J connectivity index is 2.93. The van der Waals surface area contributed by atoms with Crippen LogP contribution in [0.2, 0.25) is 0 Å². The van der Waals surface area contributed by atoms with Gasteiger partial charge < -0.3 is 4.74 Å². The van der Waals surface area contributed by atoms with Crippen molar-refractivity contribution < 1.29 is 13.2 Å². The van der Waals surface area contributed by atoms with Gasteiger partial charge in [0.25, 0.3) is 0 Å². The van der Waals surface area contributed by atoms with Crippen molar-refractivity contribution in [3.05, 3.63) is 23.8 Å². The zero-order valence-corrected chi connectivity index (χ0v) is 12.9. The van der Waals surface area contributed by atoms with Crippen molar-refractivity contribution in [2.24, 2.45) is 0 Å². The first-order chi connectivity index (χ1) is 8.90. The number of sulfonamides is 1. The number of rotatable bonds is 7. The maximum atomic E-state index is 12.2. The van der Waals surface area contributed by atoms with Gasteiger partial charge in [-0.3, -0.25) is 0 Å². The minimum Gasteiger partial charge on any atom is -0.494 e. The summed E-state index contributed by atoms with van der Waals surface area (Å²) in [6.45, 7) is 8.23. The van der Waals surface area contributed by atoms with E-state index >= 15 is 0 Å². The molecule has 0 saturated carbocycles. The quantitative estimate of drug-likeness (QED) is 0.838. The van der Waals surface area contributed by atoms with E-state index in [9.17, 15) is 8.42 Å². The Labute approximate surface area is 116 Å². The Kier molecular flexibility index (Phi) is 5.82. The standard InChI is InChI=1S/C14H23NO3S/c1-5-7-12(4)15-19(16,17)13-8-9-14(18-6-2)11(3)10-13/h8-10,12,15H,5-7H2,1-4H3/t12-/m0/s1. The largest absolute Gasteiger partial charge is 0.494 e. The van der Waals surface area contributed by atoms with E-state index in [1.165, 1.54) is 0 Å². The minimum absolute atomic E-state index is 0.0538. The van der Waals surface area contributed by atoms with Crippen LogP contribution in [0.3, 0.4) is 0 Å². The molecule has 0 saturated heterocycles. The van der Waals surface area contributed by atoms with Gasteiger partial charge in [0.05, 0.1) is 11.5 Å². The van der Waals surface area contributed by atoms with E-state index in [1.807, 2.05) is 27.7 Å². The summed E-state index contributed by atoms with van der Waals surface area (Å²) in [4.78, 5) is 0.288. The Morgan fingerprint density at radius 2 is 2.00 bits per heavy atom. The number of hydrogen-bond acceptors (Lipinski definition) is 3. The topological polar surface area (TPSA) is 55.4 Å². The van der Waals surface area contributed by atoms with Gasteiger partial charge in [-0.2, -0.15) is 0 Å². The Bertz CT molecular complexity index is 511. The predicted octanol–water partition coefficient (Wildman–Crippen LogP) is 2.86. The summed E-state index contributed by atoms with van der Waals surface area (Å²) in [5.74, 6) is 0.725.